The molecular weight excluding hydrogens is 318 g/mol. The summed E-state index contributed by atoms with van der Waals surface area (Å²) in [4.78, 5) is 12.3. The number of nitrogens with one attached hydrogen (secondary N) is 1. The molecule has 138 valence electrons. The first-order valence-corrected chi connectivity index (χ1v) is 9.94. The van der Waals surface area contributed by atoms with Crippen LogP contribution in [0.3, 0.4) is 0 Å². The lowest BCUT2D eigenvalue weighted by molar-refractivity contribution is -0.175. The molecule has 1 aromatic heterocycles. The zero-order chi connectivity index (χ0) is 17.3. The van der Waals surface area contributed by atoms with Gasteiger partial charge in [0.15, 0.2) is 0 Å². The van der Waals surface area contributed by atoms with E-state index in [9.17, 15) is 4.79 Å². The highest BCUT2D eigenvalue weighted by molar-refractivity contribution is 5.76. The summed E-state index contributed by atoms with van der Waals surface area (Å²) in [6, 6.07) is 0.280. The van der Waals surface area contributed by atoms with Crippen molar-refractivity contribution >= 4 is 5.91 Å². The molecule has 1 aromatic rings. The Morgan fingerprint density at radius 2 is 2.08 bits per heavy atom. The van der Waals surface area contributed by atoms with Gasteiger partial charge in [-0.05, 0) is 39.0 Å². The molecule has 3 fully saturated rings. The van der Waals surface area contributed by atoms with Gasteiger partial charge in [0.2, 0.25) is 17.7 Å². The Labute approximate surface area is 149 Å². The van der Waals surface area contributed by atoms with Crippen LogP contribution in [0.25, 0.3) is 0 Å². The Hall–Kier alpha value is -1.43. The van der Waals surface area contributed by atoms with Gasteiger partial charge in [0.05, 0.1) is 6.10 Å². The standard InChI is InChI=1S/C19H29N3O3/c1-2-24-15-12-14(19(15)10-5-11-19)20-16(23)8-9-17-21-22-18(25-17)13-6-3-4-7-13/h13-15H,2-12H2,1H3,(H,20,23)/t14-,15+/m1/s1. The number of amides is 1. The van der Waals surface area contributed by atoms with Gasteiger partial charge in [0.1, 0.15) is 0 Å². The predicted octanol–water partition coefficient (Wildman–Crippen LogP) is 3.12. The summed E-state index contributed by atoms with van der Waals surface area (Å²) in [5, 5.41) is 11.5. The highest BCUT2D eigenvalue weighted by Crippen LogP contribution is 2.57. The predicted molar refractivity (Wildman–Crippen MR) is 92.1 cm³/mol. The highest BCUT2D eigenvalue weighted by Gasteiger charge is 2.59. The molecule has 0 unspecified atom stereocenters. The van der Waals surface area contributed by atoms with Crippen molar-refractivity contribution < 1.29 is 13.9 Å². The molecule has 0 bridgehead atoms. The van der Waals surface area contributed by atoms with Crippen molar-refractivity contribution in [2.75, 3.05) is 6.61 Å². The van der Waals surface area contributed by atoms with Crippen molar-refractivity contribution in [3.05, 3.63) is 11.8 Å². The molecule has 4 rings (SSSR count). The number of hydrogen-bond acceptors (Lipinski definition) is 5. The zero-order valence-electron chi connectivity index (χ0n) is 15.1. The average Bonchev–Trinajstić information content (AvgIpc) is 3.21. The highest BCUT2D eigenvalue weighted by atomic mass is 16.5. The summed E-state index contributed by atoms with van der Waals surface area (Å²) in [6.45, 7) is 2.80. The van der Waals surface area contributed by atoms with Crippen LogP contribution < -0.4 is 5.32 Å². The first kappa shape index (κ1) is 17.0. The minimum Gasteiger partial charge on any atom is -0.425 e. The topological polar surface area (TPSA) is 77.2 Å². The Balaban J connectivity index is 1.24. The minimum atomic E-state index is 0.0897. The fourth-order valence-electron chi connectivity index (χ4n) is 4.83. The summed E-state index contributed by atoms with van der Waals surface area (Å²) in [5.41, 5.74) is 0.214. The molecule has 0 aliphatic heterocycles. The zero-order valence-corrected chi connectivity index (χ0v) is 15.1. The Bertz CT molecular complexity index is 605. The summed E-state index contributed by atoms with van der Waals surface area (Å²) >= 11 is 0. The van der Waals surface area contributed by atoms with E-state index in [0.717, 1.165) is 31.8 Å². The maximum Gasteiger partial charge on any atom is 0.220 e. The molecular formula is C19H29N3O3. The lowest BCUT2D eigenvalue weighted by atomic mass is 9.51. The summed E-state index contributed by atoms with van der Waals surface area (Å²) in [6.07, 6.45) is 10.6. The first-order valence-electron chi connectivity index (χ1n) is 9.94. The molecule has 6 heteroatoms. The SMILES string of the molecule is CCO[C@H]1C[C@@H](NC(=O)CCc2nnc(C3CCCC3)o2)C12CCC2. The Kier molecular flexibility index (Phi) is 4.80. The number of aromatic nitrogens is 2. The number of aryl methyl sites for hydroxylation is 1. The largest absolute Gasteiger partial charge is 0.425 e. The van der Waals surface area contributed by atoms with Crippen molar-refractivity contribution in [2.24, 2.45) is 5.41 Å². The van der Waals surface area contributed by atoms with Crippen molar-refractivity contribution in [2.45, 2.75) is 89.2 Å². The molecule has 3 aliphatic carbocycles. The van der Waals surface area contributed by atoms with Crippen molar-refractivity contribution in [3.8, 4) is 0 Å². The van der Waals surface area contributed by atoms with Crippen LogP contribution in [0.4, 0.5) is 0 Å². The second kappa shape index (κ2) is 7.06. The van der Waals surface area contributed by atoms with Crippen molar-refractivity contribution in [1.29, 1.82) is 0 Å². The van der Waals surface area contributed by atoms with Gasteiger partial charge in [0, 0.05) is 36.8 Å². The minimum absolute atomic E-state index is 0.0897. The Morgan fingerprint density at radius 1 is 1.28 bits per heavy atom. The van der Waals surface area contributed by atoms with Gasteiger partial charge in [0.25, 0.3) is 0 Å². The normalized spacial score (nSPS) is 27.9. The molecule has 0 aromatic carbocycles. The van der Waals surface area contributed by atoms with Crippen molar-refractivity contribution in [3.63, 3.8) is 0 Å². The number of hydrogen-bond donors (Lipinski definition) is 1. The molecule has 0 saturated heterocycles. The quantitative estimate of drug-likeness (QED) is 0.820. The molecule has 3 saturated carbocycles. The lowest BCUT2D eigenvalue weighted by Crippen LogP contribution is -2.67. The molecule has 1 amide bonds. The number of nitrogens with zero attached hydrogens (tertiary/aromatic N) is 2. The van der Waals surface area contributed by atoms with E-state index in [0.29, 0.717) is 30.8 Å². The third-order valence-electron chi connectivity index (χ3n) is 6.53. The van der Waals surface area contributed by atoms with Crippen molar-refractivity contribution in [1.82, 2.24) is 15.5 Å². The maximum absolute atomic E-state index is 12.3. The van der Waals surface area contributed by atoms with E-state index >= 15 is 0 Å². The van der Waals surface area contributed by atoms with Crippen LogP contribution in [-0.2, 0) is 16.0 Å². The fourth-order valence-corrected chi connectivity index (χ4v) is 4.83. The third kappa shape index (κ3) is 3.21. The second-order valence-electron chi connectivity index (χ2n) is 7.90. The van der Waals surface area contributed by atoms with E-state index in [1.807, 2.05) is 6.92 Å². The maximum atomic E-state index is 12.3. The van der Waals surface area contributed by atoms with Crippen LogP contribution in [0, 0.1) is 5.41 Å². The van der Waals surface area contributed by atoms with Gasteiger partial charge in [-0.3, -0.25) is 4.79 Å². The first-order chi connectivity index (χ1) is 12.2. The molecule has 2 atom stereocenters. The fraction of sp³-hybridized carbons (Fsp3) is 0.842. The third-order valence-corrected chi connectivity index (χ3v) is 6.53. The van der Waals surface area contributed by atoms with Crippen LogP contribution in [0.1, 0.15) is 82.4 Å². The number of carbonyl (C=O) groups excluding carboxylic acids is 1. The lowest BCUT2D eigenvalue weighted by Gasteiger charge is -2.61. The molecule has 1 spiro atoms. The monoisotopic (exact) mass is 347 g/mol. The van der Waals surface area contributed by atoms with Gasteiger partial charge in [-0.15, -0.1) is 10.2 Å². The average molecular weight is 347 g/mol. The molecule has 0 radical (unpaired) electrons. The molecule has 3 aliphatic rings. The van der Waals surface area contributed by atoms with Gasteiger partial charge in [-0.1, -0.05) is 19.3 Å². The van der Waals surface area contributed by atoms with Gasteiger partial charge in [-0.25, -0.2) is 0 Å². The van der Waals surface area contributed by atoms with Gasteiger partial charge < -0.3 is 14.5 Å². The number of ether oxygens (including phenoxy) is 1. The summed E-state index contributed by atoms with van der Waals surface area (Å²) < 4.78 is 11.6. The molecule has 6 nitrogen and oxygen atoms in total. The number of rotatable bonds is 7. The summed E-state index contributed by atoms with van der Waals surface area (Å²) in [7, 11) is 0. The van der Waals surface area contributed by atoms with E-state index in [4.69, 9.17) is 9.15 Å². The van der Waals surface area contributed by atoms with Crippen LogP contribution >= 0.6 is 0 Å². The van der Waals surface area contributed by atoms with Crippen LogP contribution in [0.2, 0.25) is 0 Å². The van der Waals surface area contributed by atoms with E-state index in [2.05, 4.69) is 15.5 Å². The number of carbonyl (C=O) groups is 1. The van der Waals surface area contributed by atoms with Gasteiger partial charge in [-0.2, -0.15) is 0 Å². The van der Waals surface area contributed by atoms with E-state index in [-0.39, 0.29) is 17.4 Å². The van der Waals surface area contributed by atoms with Crippen LogP contribution in [-0.4, -0.2) is 34.9 Å². The van der Waals surface area contributed by atoms with Gasteiger partial charge >= 0.3 is 0 Å². The molecule has 1 N–H and O–H groups in total. The molecule has 25 heavy (non-hydrogen) atoms. The van der Waals surface area contributed by atoms with E-state index < -0.39 is 0 Å². The van der Waals surface area contributed by atoms with E-state index in [1.54, 1.807) is 0 Å². The Morgan fingerprint density at radius 3 is 2.76 bits per heavy atom. The second-order valence-corrected chi connectivity index (χ2v) is 7.90. The van der Waals surface area contributed by atoms with E-state index in [1.165, 1.54) is 32.1 Å². The molecule has 1 heterocycles. The smallest absolute Gasteiger partial charge is 0.220 e. The van der Waals surface area contributed by atoms with Crippen LogP contribution in [0.5, 0.6) is 0 Å². The summed E-state index contributed by atoms with van der Waals surface area (Å²) in [5.74, 6) is 1.88. The van der Waals surface area contributed by atoms with Crippen LogP contribution in [0.15, 0.2) is 4.42 Å².